The summed E-state index contributed by atoms with van der Waals surface area (Å²) in [5.74, 6) is -0.491. The summed E-state index contributed by atoms with van der Waals surface area (Å²) in [5, 5.41) is 3.38. The number of ether oxygens (including phenoxy) is 1. The number of anilines is 1. The number of H-pyrrole nitrogens is 1. The first-order valence-corrected chi connectivity index (χ1v) is 14.8. The predicted molar refractivity (Wildman–Crippen MR) is 143 cm³/mol. The Morgan fingerprint density at radius 1 is 1.10 bits per heavy atom. The van der Waals surface area contributed by atoms with Crippen molar-refractivity contribution in [2.75, 3.05) is 52.0 Å². The minimum atomic E-state index is -4.76. The third kappa shape index (κ3) is 5.52. The largest absolute Gasteiger partial charge is 0.419 e. The van der Waals surface area contributed by atoms with E-state index in [0.29, 0.717) is 13.2 Å². The quantitative estimate of drug-likeness (QED) is 0.421. The smallest absolute Gasteiger partial charge is 0.378 e. The number of sulfone groups is 1. The molecule has 2 aromatic heterocycles. The number of rotatable bonds is 1. The molecule has 1 aliphatic carbocycles. The van der Waals surface area contributed by atoms with Crippen LogP contribution in [0.4, 0.5) is 19.1 Å². The second-order valence-electron chi connectivity index (χ2n) is 10.4. The monoisotopic (exact) mass is 580 g/mol. The van der Waals surface area contributed by atoms with Crippen molar-refractivity contribution in [3.05, 3.63) is 35.7 Å². The number of amides is 1. The minimum Gasteiger partial charge on any atom is -0.378 e. The van der Waals surface area contributed by atoms with Gasteiger partial charge >= 0.3 is 6.18 Å². The van der Waals surface area contributed by atoms with Crippen LogP contribution in [0.15, 0.2) is 29.4 Å². The fourth-order valence-corrected chi connectivity index (χ4v) is 6.55. The third-order valence-corrected chi connectivity index (χ3v) is 8.79. The number of hydrogen-bond acceptors (Lipinski definition) is 8. The lowest BCUT2D eigenvalue weighted by Crippen LogP contribution is -2.35. The molecule has 1 amide bonds. The number of benzene rings is 1. The molecular weight excluding hydrogens is 549 g/mol. The fraction of sp³-hybridized carbons (Fsp3) is 0.500. The third-order valence-electron chi connectivity index (χ3n) is 7.63. The van der Waals surface area contributed by atoms with E-state index >= 15 is 0 Å². The Morgan fingerprint density at radius 3 is 2.58 bits per heavy atom. The molecule has 2 atom stereocenters. The molecular formula is C26H31F3N6O4S. The lowest BCUT2D eigenvalue weighted by Gasteiger charge is -2.25. The average Bonchev–Trinajstić information content (AvgIpc) is 3.52. The van der Waals surface area contributed by atoms with E-state index in [-0.39, 0.29) is 63.8 Å². The van der Waals surface area contributed by atoms with Crippen molar-refractivity contribution in [1.29, 1.82) is 0 Å². The van der Waals surface area contributed by atoms with Crippen LogP contribution in [0.5, 0.6) is 0 Å². The number of aromatic amines is 1. The summed E-state index contributed by atoms with van der Waals surface area (Å²) in [5.41, 5.74) is -1.43. The number of carbonyl (C=O) groups excluding carboxylic acids is 1. The zero-order valence-corrected chi connectivity index (χ0v) is 23.2. The van der Waals surface area contributed by atoms with E-state index in [0.717, 1.165) is 31.7 Å². The van der Waals surface area contributed by atoms with E-state index < -0.39 is 27.5 Å². The highest BCUT2D eigenvalue weighted by atomic mass is 32.2. The SMILES string of the molecule is CN1CCOCCN(C)[C@H]2CC[C@@H](C2)Nc2ncc(C(F)(F)F)c(n2)-c2c[nH]c3c(S(C)(=O)=O)c(ccc23)C1=O. The molecule has 0 unspecified atom stereocenters. The van der Waals surface area contributed by atoms with Crippen molar-refractivity contribution in [3.8, 4) is 11.3 Å². The van der Waals surface area contributed by atoms with Crippen LogP contribution in [0.2, 0.25) is 0 Å². The standard InChI is InChI=1S/C26H31F3N6O4S/c1-34-8-10-39-11-9-35(2)24(36)18-7-6-17-19(13-30-22(17)23(18)40(3,37)38)21-20(26(27,28)29)14-31-25(33-21)32-15-4-5-16(34)12-15/h6-7,13-16,30H,4-5,8-12H2,1-3H3,(H,31,32,33)/t15-,16-/m0/s1. The summed E-state index contributed by atoms with van der Waals surface area (Å²) in [6, 6.07) is 3.01. The van der Waals surface area contributed by atoms with Gasteiger partial charge in [-0.3, -0.25) is 4.79 Å². The van der Waals surface area contributed by atoms with Gasteiger partial charge in [0, 0.05) is 61.8 Å². The molecule has 1 aromatic carbocycles. The summed E-state index contributed by atoms with van der Waals surface area (Å²) in [4.78, 5) is 27.6. The maximum atomic E-state index is 14.1. The summed E-state index contributed by atoms with van der Waals surface area (Å²) in [7, 11) is -0.439. The Morgan fingerprint density at radius 2 is 1.85 bits per heavy atom. The Bertz CT molecular complexity index is 1540. The highest BCUT2D eigenvalue weighted by Gasteiger charge is 2.37. The zero-order chi connectivity index (χ0) is 28.8. The molecule has 1 saturated carbocycles. The van der Waals surface area contributed by atoms with E-state index in [1.165, 1.54) is 23.2 Å². The van der Waals surface area contributed by atoms with Gasteiger partial charge in [0.1, 0.15) is 10.5 Å². The molecule has 4 heterocycles. The topological polar surface area (TPSA) is 121 Å². The van der Waals surface area contributed by atoms with Gasteiger partial charge in [-0.15, -0.1) is 0 Å². The highest BCUT2D eigenvalue weighted by molar-refractivity contribution is 7.91. The summed E-state index contributed by atoms with van der Waals surface area (Å²) in [6.07, 6.45) is 0.701. The number of halogens is 3. The second-order valence-corrected chi connectivity index (χ2v) is 12.4. The number of carbonyl (C=O) groups is 1. The average molecular weight is 581 g/mol. The van der Waals surface area contributed by atoms with Gasteiger partial charge in [0.05, 0.1) is 30.0 Å². The molecule has 0 saturated heterocycles. The van der Waals surface area contributed by atoms with Crippen LogP contribution in [0.25, 0.3) is 22.2 Å². The van der Waals surface area contributed by atoms with E-state index in [9.17, 15) is 26.4 Å². The van der Waals surface area contributed by atoms with Crippen molar-refractivity contribution in [2.24, 2.45) is 0 Å². The molecule has 8 bridgehead atoms. The van der Waals surface area contributed by atoms with Crippen LogP contribution in [-0.4, -0.2) is 97.8 Å². The van der Waals surface area contributed by atoms with Crippen molar-refractivity contribution in [1.82, 2.24) is 24.8 Å². The van der Waals surface area contributed by atoms with Gasteiger partial charge in [-0.25, -0.2) is 18.4 Å². The summed E-state index contributed by atoms with van der Waals surface area (Å²) in [6.45, 7) is 1.61. The maximum absolute atomic E-state index is 14.1. The van der Waals surface area contributed by atoms with Crippen LogP contribution in [-0.2, 0) is 20.8 Å². The first kappa shape index (κ1) is 28.3. The normalized spacial score (nSPS) is 21.8. The Kier molecular flexibility index (Phi) is 7.52. The number of hydrogen-bond donors (Lipinski definition) is 2. The molecule has 6 rings (SSSR count). The molecule has 1 fully saturated rings. The van der Waals surface area contributed by atoms with Gasteiger partial charge in [-0.2, -0.15) is 13.2 Å². The number of nitrogens with zero attached hydrogens (tertiary/aromatic N) is 4. The van der Waals surface area contributed by atoms with Crippen molar-refractivity contribution in [2.45, 2.75) is 42.4 Å². The van der Waals surface area contributed by atoms with E-state index in [4.69, 9.17) is 4.74 Å². The molecule has 3 aliphatic rings. The second kappa shape index (κ2) is 10.6. The van der Waals surface area contributed by atoms with Crippen LogP contribution in [0.1, 0.15) is 35.2 Å². The van der Waals surface area contributed by atoms with Gasteiger partial charge in [0.25, 0.3) is 5.91 Å². The predicted octanol–water partition coefficient (Wildman–Crippen LogP) is 3.41. The maximum Gasteiger partial charge on any atom is 0.419 e. The Hall–Kier alpha value is -3.23. The van der Waals surface area contributed by atoms with Crippen LogP contribution in [0.3, 0.4) is 0 Å². The fourth-order valence-electron chi connectivity index (χ4n) is 5.46. The Balaban J connectivity index is 1.68. The molecule has 0 radical (unpaired) electrons. The van der Waals surface area contributed by atoms with Crippen molar-refractivity contribution >= 4 is 32.6 Å². The lowest BCUT2D eigenvalue weighted by atomic mass is 10.0. The van der Waals surface area contributed by atoms with Gasteiger partial charge in [-0.05, 0) is 32.4 Å². The van der Waals surface area contributed by atoms with Crippen molar-refractivity contribution in [3.63, 3.8) is 0 Å². The molecule has 10 nitrogen and oxygen atoms in total. The van der Waals surface area contributed by atoms with E-state index in [1.54, 1.807) is 7.05 Å². The molecule has 14 heteroatoms. The number of nitrogens with one attached hydrogen (secondary N) is 2. The highest BCUT2D eigenvalue weighted by Crippen LogP contribution is 2.40. The summed E-state index contributed by atoms with van der Waals surface area (Å²) >= 11 is 0. The number of alkyl halides is 3. The number of fused-ring (bicyclic) bond motifs is 8. The van der Waals surface area contributed by atoms with Gasteiger partial charge in [0.15, 0.2) is 9.84 Å². The van der Waals surface area contributed by atoms with Gasteiger partial charge in [-0.1, -0.05) is 6.07 Å². The minimum absolute atomic E-state index is 0.0226. The van der Waals surface area contributed by atoms with E-state index in [1.807, 2.05) is 7.05 Å². The lowest BCUT2D eigenvalue weighted by molar-refractivity contribution is -0.137. The van der Waals surface area contributed by atoms with Crippen molar-refractivity contribution < 1.29 is 31.1 Å². The molecule has 40 heavy (non-hydrogen) atoms. The zero-order valence-electron chi connectivity index (χ0n) is 22.4. The van der Waals surface area contributed by atoms with Crippen LogP contribution < -0.4 is 5.32 Å². The molecule has 216 valence electrons. The number of aromatic nitrogens is 3. The van der Waals surface area contributed by atoms with Gasteiger partial charge in [0.2, 0.25) is 5.95 Å². The van der Waals surface area contributed by atoms with Crippen LogP contribution >= 0.6 is 0 Å². The Labute approximate surface area is 229 Å². The first-order valence-electron chi connectivity index (χ1n) is 12.9. The van der Waals surface area contributed by atoms with Crippen LogP contribution in [0, 0.1) is 0 Å². The summed E-state index contributed by atoms with van der Waals surface area (Å²) < 4.78 is 73.8. The van der Waals surface area contributed by atoms with E-state index in [2.05, 4.69) is 25.2 Å². The first-order chi connectivity index (χ1) is 18.8. The molecule has 0 spiro atoms. The van der Waals surface area contributed by atoms with Gasteiger partial charge < -0.3 is 24.8 Å². The molecule has 2 N–H and O–H groups in total. The molecule has 3 aromatic rings. The number of likely N-dealkylation sites (N-methyl/N-ethyl adjacent to an activating group) is 2. The molecule has 2 aliphatic heterocycles.